The minimum Gasteiger partial charge on any atom is -0.490 e. The largest absolute Gasteiger partial charge is 0.490 e. The molecule has 0 aliphatic carbocycles. The van der Waals surface area contributed by atoms with E-state index in [-0.39, 0.29) is 6.10 Å². The lowest BCUT2D eigenvalue weighted by Crippen LogP contribution is -2.12. The Morgan fingerprint density at radius 3 is 2.82 bits per heavy atom. The number of allylic oxidation sites excluding steroid dienone is 3. The van der Waals surface area contributed by atoms with Gasteiger partial charge in [-0.1, -0.05) is 36.4 Å². The smallest absolute Gasteiger partial charge is 0.149 e. The van der Waals surface area contributed by atoms with Crippen molar-refractivity contribution in [1.82, 2.24) is 0 Å². The van der Waals surface area contributed by atoms with E-state index in [1.807, 2.05) is 37.3 Å². The maximum absolute atomic E-state index is 10.8. The quantitative estimate of drug-likeness (QED) is 0.587. The highest BCUT2D eigenvalue weighted by molar-refractivity contribution is 5.74. The highest BCUT2D eigenvalue weighted by Gasteiger charge is 2.13. The molecule has 1 aliphatic heterocycles. The van der Waals surface area contributed by atoms with E-state index in [9.17, 15) is 4.79 Å². The molecule has 2 heteroatoms. The van der Waals surface area contributed by atoms with Crippen LogP contribution in [0.2, 0.25) is 0 Å². The van der Waals surface area contributed by atoms with Crippen molar-refractivity contribution < 1.29 is 9.53 Å². The molecule has 0 amide bonds. The van der Waals surface area contributed by atoms with Gasteiger partial charge in [0.1, 0.15) is 18.1 Å². The van der Waals surface area contributed by atoms with Crippen molar-refractivity contribution in [1.29, 1.82) is 0 Å². The number of rotatable bonds is 3. The summed E-state index contributed by atoms with van der Waals surface area (Å²) in [6.07, 6.45) is 6.45. The van der Waals surface area contributed by atoms with E-state index in [2.05, 4.69) is 12.1 Å². The molecule has 0 fully saturated rings. The summed E-state index contributed by atoms with van der Waals surface area (Å²) in [5, 5.41) is 0. The Hall–Kier alpha value is -1.83. The van der Waals surface area contributed by atoms with Crippen LogP contribution in [0.25, 0.3) is 0 Å². The normalized spacial score (nSPS) is 19.7. The maximum atomic E-state index is 10.8. The topological polar surface area (TPSA) is 26.3 Å². The van der Waals surface area contributed by atoms with E-state index < -0.39 is 0 Å². The van der Waals surface area contributed by atoms with Crippen LogP contribution in [0.5, 0.6) is 0 Å². The molecule has 0 spiro atoms. The third kappa shape index (κ3) is 3.06. The van der Waals surface area contributed by atoms with Gasteiger partial charge in [0.15, 0.2) is 0 Å². The highest BCUT2D eigenvalue weighted by Crippen LogP contribution is 2.18. The zero-order chi connectivity index (χ0) is 12.1. The predicted octanol–water partition coefficient (Wildman–Crippen LogP) is 3.05. The van der Waals surface area contributed by atoms with Crippen LogP contribution in [-0.4, -0.2) is 12.4 Å². The standard InChI is InChI=1S/C15H16O2/c1-12-14(11-16)8-5-9-15(17-12)10-13-6-3-2-4-7-13/h2-7,9,11,15H,8,10H2,1H3. The van der Waals surface area contributed by atoms with Crippen molar-refractivity contribution in [2.75, 3.05) is 0 Å². The van der Waals surface area contributed by atoms with Gasteiger partial charge in [-0.25, -0.2) is 0 Å². The Kier molecular flexibility index (Phi) is 3.76. The van der Waals surface area contributed by atoms with Crippen molar-refractivity contribution in [3.63, 3.8) is 0 Å². The fraction of sp³-hybridized carbons (Fsp3) is 0.267. The number of aldehydes is 1. The molecule has 0 N–H and O–H groups in total. The van der Waals surface area contributed by atoms with Gasteiger partial charge in [0.25, 0.3) is 0 Å². The van der Waals surface area contributed by atoms with Crippen molar-refractivity contribution in [2.24, 2.45) is 0 Å². The summed E-state index contributed by atoms with van der Waals surface area (Å²) in [6, 6.07) is 10.2. The van der Waals surface area contributed by atoms with Crippen molar-refractivity contribution in [2.45, 2.75) is 25.9 Å². The number of benzene rings is 1. The zero-order valence-corrected chi connectivity index (χ0v) is 9.93. The molecule has 17 heavy (non-hydrogen) atoms. The van der Waals surface area contributed by atoms with E-state index in [0.29, 0.717) is 6.42 Å². The summed E-state index contributed by atoms with van der Waals surface area (Å²) >= 11 is 0. The van der Waals surface area contributed by atoms with Crippen molar-refractivity contribution in [3.8, 4) is 0 Å². The summed E-state index contributed by atoms with van der Waals surface area (Å²) in [4.78, 5) is 10.8. The molecule has 1 aromatic rings. The molecule has 0 bridgehead atoms. The predicted molar refractivity (Wildman–Crippen MR) is 67.5 cm³/mol. The monoisotopic (exact) mass is 228 g/mol. The first-order chi connectivity index (χ1) is 8.29. The average molecular weight is 228 g/mol. The molecule has 0 saturated carbocycles. The molecule has 1 aromatic carbocycles. The van der Waals surface area contributed by atoms with Gasteiger partial charge in [0.2, 0.25) is 0 Å². The molecular formula is C15H16O2. The van der Waals surface area contributed by atoms with Crippen LogP contribution in [0.4, 0.5) is 0 Å². The van der Waals surface area contributed by atoms with Gasteiger partial charge in [-0.15, -0.1) is 0 Å². The summed E-state index contributed by atoms with van der Waals surface area (Å²) in [7, 11) is 0. The average Bonchev–Trinajstić information content (AvgIpc) is 2.52. The Bertz CT molecular complexity index is 443. The third-order valence-electron chi connectivity index (χ3n) is 2.89. The Balaban J connectivity index is 2.09. The lowest BCUT2D eigenvalue weighted by Gasteiger charge is -2.15. The first kappa shape index (κ1) is 11.6. The Morgan fingerprint density at radius 2 is 2.12 bits per heavy atom. The summed E-state index contributed by atoms with van der Waals surface area (Å²) in [5.74, 6) is 0.742. The molecule has 88 valence electrons. The molecule has 1 unspecified atom stereocenters. The van der Waals surface area contributed by atoms with Crippen molar-refractivity contribution >= 4 is 6.29 Å². The minimum absolute atomic E-state index is 0.0230. The molecule has 2 rings (SSSR count). The van der Waals surface area contributed by atoms with Gasteiger partial charge in [0, 0.05) is 12.0 Å². The number of carbonyl (C=O) groups is 1. The van der Waals surface area contributed by atoms with E-state index in [4.69, 9.17) is 4.74 Å². The summed E-state index contributed by atoms with van der Waals surface area (Å²) in [5.41, 5.74) is 1.97. The molecule has 2 nitrogen and oxygen atoms in total. The van der Waals surface area contributed by atoms with Gasteiger partial charge in [-0.2, -0.15) is 0 Å². The Labute approximate surface area is 102 Å². The van der Waals surface area contributed by atoms with Crippen LogP contribution >= 0.6 is 0 Å². The van der Waals surface area contributed by atoms with Crippen LogP contribution in [0, 0.1) is 0 Å². The SMILES string of the molecule is CC1=C(C=O)CC=CC(Cc2ccccc2)O1. The van der Waals surface area contributed by atoms with Gasteiger partial charge in [0.05, 0.1) is 0 Å². The van der Waals surface area contributed by atoms with E-state index >= 15 is 0 Å². The molecule has 0 saturated heterocycles. The van der Waals surface area contributed by atoms with E-state index in [1.54, 1.807) is 0 Å². The molecular weight excluding hydrogens is 212 g/mol. The number of ether oxygens (including phenoxy) is 1. The summed E-state index contributed by atoms with van der Waals surface area (Å²) < 4.78 is 5.78. The van der Waals surface area contributed by atoms with Crippen LogP contribution in [0.3, 0.4) is 0 Å². The molecule has 0 radical (unpaired) electrons. The Morgan fingerprint density at radius 1 is 1.35 bits per heavy atom. The van der Waals surface area contributed by atoms with Crippen LogP contribution < -0.4 is 0 Å². The lowest BCUT2D eigenvalue weighted by molar-refractivity contribution is -0.105. The number of hydrogen-bond donors (Lipinski definition) is 0. The fourth-order valence-electron chi connectivity index (χ4n) is 1.92. The first-order valence-electron chi connectivity index (χ1n) is 5.82. The van der Waals surface area contributed by atoms with Crippen LogP contribution in [0.15, 0.2) is 53.8 Å². The van der Waals surface area contributed by atoms with E-state index in [0.717, 1.165) is 24.0 Å². The fourth-order valence-corrected chi connectivity index (χ4v) is 1.92. The third-order valence-corrected chi connectivity index (χ3v) is 2.89. The highest BCUT2D eigenvalue weighted by atomic mass is 16.5. The van der Waals surface area contributed by atoms with Gasteiger partial charge in [-0.05, 0) is 25.0 Å². The lowest BCUT2D eigenvalue weighted by atomic mass is 10.1. The molecule has 1 heterocycles. The van der Waals surface area contributed by atoms with E-state index in [1.165, 1.54) is 5.56 Å². The second-order valence-corrected chi connectivity index (χ2v) is 4.18. The molecule has 0 aromatic heterocycles. The van der Waals surface area contributed by atoms with Gasteiger partial charge in [-0.3, -0.25) is 4.79 Å². The zero-order valence-electron chi connectivity index (χ0n) is 9.93. The second kappa shape index (κ2) is 5.48. The summed E-state index contributed by atoms with van der Waals surface area (Å²) in [6.45, 7) is 1.86. The minimum atomic E-state index is 0.0230. The number of carbonyl (C=O) groups excluding carboxylic acids is 1. The van der Waals surface area contributed by atoms with Gasteiger partial charge >= 0.3 is 0 Å². The second-order valence-electron chi connectivity index (χ2n) is 4.18. The van der Waals surface area contributed by atoms with Crippen molar-refractivity contribution in [3.05, 3.63) is 59.4 Å². The first-order valence-corrected chi connectivity index (χ1v) is 5.82. The van der Waals surface area contributed by atoms with Gasteiger partial charge < -0.3 is 4.74 Å². The van der Waals surface area contributed by atoms with Crippen LogP contribution in [0.1, 0.15) is 18.9 Å². The molecule has 1 aliphatic rings. The van der Waals surface area contributed by atoms with Crippen LogP contribution in [-0.2, 0) is 16.0 Å². The number of hydrogen-bond acceptors (Lipinski definition) is 2. The maximum Gasteiger partial charge on any atom is 0.149 e. The molecule has 1 atom stereocenters.